The molecule has 2 aromatic carbocycles. The molecule has 37 heavy (non-hydrogen) atoms. The molecule has 2 heterocycles. The Balaban J connectivity index is 1.30. The fraction of sp³-hybridized carbons (Fsp3) is 0.423. The molecule has 0 radical (unpaired) electrons. The highest BCUT2D eigenvalue weighted by molar-refractivity contribution is 7.89. The van der Waals surface area contributed by atoms with Gasteiger partial charge in [-0.25, -0.2) is 8.42 Å². The molecule has 0 aliphatic carbocycles. The van der Waals surface area contributed by atoms with Gasteiger partial charge in [-0.3, -0.25) is 4.79 Å². The molecule has 0 bridgehead atoms. The van der Waals surface area contributed by atoms with Crippen molar-refractivity contribution in [1.29, 1.82) is 0 Å². The Kier molecular flexibility index (Phi) is 8.51. The van der Waals surface area contributed by atoms with Crippen LogP contribution in [0.15, 0.2) is 51.9 Å². The molecule has 1 saturated heterocycles. The van der Waals surface area contributed by atoms with E-state index in [4.69, 9.17) is 20.9 Å². The van der Waals surface area contributed by atoms with Gasteiger partial charge in [-0.2, -0.15) is 9.29 Å². The van der Waals surface area contributed by atoms with Crippen LogP contribution >= 0.6 is 11.6 Å². The van der Waals surface area contributed by atoms with Gasteiger partial charge in [0.2, 0.25) is 21.8 Å². The molecule has 1 aliphatic rings. The van der Waals surface area contributed by atoms with Crippen LogP contribution in [0.3, 0.4) is 0 Å². The number of ether oxygens (including phenoxy) is 1. The first-order valence-electron chi connectivity index (χ1n) is 12.3. The van der Waals surface area contributed by atoms with Gasteiger partial charge in [0.15, 0.2) is 5.82 Å². The number of benzene rings is 2. The van der Waals surface area contributed by atoms with Crippen molar-refractivity contribution < 1.29 is 22.5 Å². The molecule has 1 aromatic heterocycles. The Bertz CT molecular complexity index is 1330. The van der Waals surface area contributed by atoms with E-state index in [0.29, 0.717) is 49.0 Å². The van der Waals surface area contributed by atoms with Crippen LogP contribution in [-0.4, -0.2) is 48.5 Å². The van der Waals surface area contributed by atoms with Crippen molar-refractivity contribution >= 4 is 33.2 Å². The smallest absolute Gasteiger partial charge is 0.243 e. The molecule has 1 fully saturated rings. The number of hydrogen-bond donors (Lipinski definition) is 1. The molecular formula is C26H31ClN4O5S. The monoisotopic (exact) mass is 546 g/mol. The maximum absolute atomic E-state index is 13.1. The van der Waals surface area contributed by atoms with Crippen molar-refractivity contribution in [3.05, 3.63) is 64.8 Å². The van der Waals surface area contributed by atoms with E-state index in [1.54, 1.807) is 6.07 Å². The number of nitrogens with zero attached hydrogens (tertiary/aromatic N) is 3. The van der Waals surface area contributed by atoms with E-state index >= 15 is 0 Å². The maximum atomic E-state index is 13.1. The summed E-state index contributed by atoms with van der Waals surface area (Å²) in [7, 11) is -3.71. The molecule has 1 amide bonds. The van der Waals surface area contributed by atoms with Crippen LogP contribution in [0.25, 0.3) is 0 Å². The Morgan fingerprint density at radius 3 is 2.49 bits per heavy atom. The van der Waals surface area contributed by atoms with E-state index in [1.165, 1.54) is 16.4 Å². The average molecular weight is 547 g/mol. The zero-order valence-corrected chi connectivity index (χ0v) is 22.7. The number of carbonyl (C=O) groups excluding carboxylic acids is 1. The number of piperidine rings is 1. The van der Waals surface area contributed by atoms with Crippen molar-refractivity contribution in [3.63, 3.8) is 0 Å². The van der Waals surface area contributed by atoms with E-state index in [9.17, 15) is 13.2 Å². The van der Waals surface area contributed by atoms with Crippen molar-refractivity contribution in [1.82, 2.24) is 14.4 Å². The molecule has 0 spiro atoms. The van der Waals surface area contributed by atoms with Gasteiger partial charge in [-0.1, -0.05) is 42.7 Å². The number of carbonyl (C=O) groups is 1. The summed E-state index contributed by atoms with van der Waals surface area (Å²) in [6, 6.07) is 12.0. The lowest BCUT2D eigenvalue weighted by atomic mass is 9.97. The summed E-state index contributed by atoms with van der Waals surface area (Å²) in [5.41, 5.74) is 1.69. The van der Waals surface area contributed by atoms with E-state index in [1.807, 2.05) is 45.0 Å². The van der Waals surface area contributed by atoms with Gasteiger partial charge in [0.1, 0.15) is 5.75 Å². The molecule has 1 aliphatic heterocycles. The van der Waals surface area contributed by atoms with Crippen molar-refractivity contribution in [3.8, 4) is 5.75 Å². The molecule has 198 valence electrons. The zero-order chi connectivity index (χ0) is 26.6. The Hall–Kier alpha value is -2.95. The molecule has 1 N–H and O–H groups in total. The highest BCUT2D eigenvalue weighted by Crippen LogP contribution is 2.30. The molecule has 4 rings (SSSR count). The highest BCUT2D eigenvalue weighted by atomic mass is 35.5. The summed E-state index contributed by atoms with van der Waals surface area (Å²) < 4.78 is 38.2. The third-order valence-electron chi connectivity index (χ3n) is 6.23. The number of sulfonamides is 1. The standard InChI is InChI=1S/C26H31ClN4O5S/c1-4-35-23-10-9-21(16-22(23)27)37(33,34)31-13-11-19(12-14-31)25(32)28-20-7-5-18(6-8-20)15-24-29-26(17(2)3)36-30-24/h5-10,16-17,19H,4,11-15H2,1-3H3,(H,28,32). The summed E-state index contributed by atoms with van der Waals surface area (Å²) in [5, 5.41) is 7.20. The number of anilines is 1. The lowest BCUT2D eigenvalue weighted by Crippen LogP contribution is -2.41. The highest BCUT2D eigenvalue weighted by Gasteiger charge is 2.32. The summed E-state index contributed by atoms with van der Waals surface area (Å²) in [6.45, 7) is 6.77. The van der Waals surface area contributed by atoms with Crippen LogP contribution in [0.2, 0.25) is 5.02 Å². The second kappa shape index (κ2) is 11.6. The zero-order valence-electron chi connectivity index (χ0n) is 21.1. The van der Waals surface area contributed by atoms with Gasteiger partial charge in [0.25, 0.3) is 0 Å². The van der Waals surface area contributed by atoms with E-state index in [0.717, 1.165) is 5.56 Å². The Labute approximate surface area is 222 Å². The molecule has 0 unspecified atom stereocenters. The van der Waals surface area contributed by atoms with Gasteiger partial charge in [0.05, 0.1) is 16.5 Å². The first-order chi connectivity index (χ1) is 17.7. The fourth-order valence-corrected chi connectivity index (χ4v) is 5.92. The van der Waals surface area contributed by atoms with Crippen molar-refractivity contribution in [2.24, 2.45) is 5.92 Å². The van der Waals surface area contributed by atoms with Crippen LogP contribution in [-0.2, 0) is 21.2 Å². The number of amides is 1. The summed E-state index contributed by atoms with van der Waals surface area (Å²) in [5.74, 6) is 1.46. The van der Waals surface area contributed by atoms with Gasteiger partial charge in [-0.15, -0.1) is 0 Å². The molecule has 3 aromatic rings. The summed E-state index contributed by atoms with van der Waals surface area (Å²) >= 11 is 6.19. The maximum Gasteiger partial charge on any atom is 0.243 e. The SMILES string of the molecule is CCOc1ccc(S(=O)(=O)N2CCC(C(=O)Nc3ccc(Cc4noc(C(C)C)n4)cc3)CC2)cc1Cl. The number of halogens is 1. The largest absolute Gasteiger partial charge is 0.492 e. The lowest BCUT2D eigenvalue weighted by Gasteiger charge is -2.30. The van der Waals surface area contributed by atoms with E-state index in [-0.39, 0.29) is 40.8 Å². The fourth-order valence-electron chi connectivity index (χ4n) is 4.13. The minimum absolute atomic E-state index is 0.116. The predicted molar refractivity (Wildman–Crippen MR) is 140 cm³/mol. The molecule has 9 nitrogen and oxygen atoms in total. The van der Waals surface area contributed by atoms with Crippen LogP contribution < -0.4 is 10.1 Å². The first kappa shape index (κ1) is 27.1. The number of aromatic nitrogens is 2. The first-order valence-corrected chi connectivity index (χ1v) is 14.1. The van der Waals surface area contributed by atoms with Crippen molar-refractivity contribution in [2.45, 2.75) is 50.8 Å². The lowest BCUT2D eigenvalue weighted by molar-refractivity contribution is -0.120. The number of nitrogens with one attached hydrogen (secondary N) is 1. The van der Waals surface area contributed by atoms with Crippen molar-refractivity contribution in [2.75, 3.05) is 25.0 Å². The number of hydrogen-bond acceptors (Lipinski definition) is 7. The second-order valence-corrected chi connectivity index (χ2v) is 11.6. The van der Waals surface area contributed by atoms with Crippen LogP contribution in [0.4, 0.5) is 5.69 Å². The van der Waals surface area contributed by atoms with Crippen LogP contribution in [0, 0.1) is 5.92 Å². The topological polar surface area (TPSA) is 115 Å². The quantitative estimate of drug-likeness (QED) is 0.407. The van der Waals surface area contributed by atoms with Gasteiger partial charge in [-0.05, 0) is 55.7 Å². The van der Waals surface area contributed by atoms with Crippen LogP contribution in [0.1, 0.15) is 56.8 Å². The third kappa shape index (κ3) is 6.49. The average Bonchev–Trinajstić information content (AvgIpc) is 3.35. The molecular weight excluding hydrogens is 516 g/mol. The molecule has 11 heteroatoms. The van der Waals surface area contributed by atoms with Crippen LogP contribution in [0.5, 0.6) is 5.75 Å². The van der Waals surface area contributed by atoms with Gasteiger partial charge >= 0.3 is 0 Å². The minimum atomic E-state index is -3.71. The third-order valence-corrected chi connectivity index (χ3v) is 8.42. The van der Waals surface area contributed by atoms with Gasteiger partial charge < -0.3 is 14.6 Å². The van der Waals surface area contributed by atoms with E-state index < -0.39 is 10.0 Å². The normalized spacial score (nSPS) is 15.2. The number of rotatable bonds is 9. The summed E-state index contributed by atoms with van der Waals surface area (Å²) in [4.78, 5) is 17.3. The second-order valence-electron chi connectivity index (χ2n) is 9.27. The molecule has 0 saturated carbocycles. The Morgan fingerprint density at radius 2 is 1.89 bits per heavy atom. The predicted octanol–water partition coefficient (Wildman–Crippen LogP) is 4.88. The van der Waals surface area contributed by atoms with E-state index in [2.05, 4.69) is 15.5 Å². The Morgan fingerprint density at radius 1 is 1.19 bits per heavy atom. The minimum Gasteiger partial charge on any atom is -0.492 e. The molecule has 0 atom stereocenters. The summed E-state index contributed by atoms with van der Waals surface area (Å²) in [6.07, 6.45) is 1.41. The van der Waals surface area contributed by atoms with Gasteiger partial charge in [0, 0.05) is 37.0 Å².